The summed E-state index contributed by atoms with van der Waals surface area (Å²) in [4.78, 5) is 28.3. The van der Waals surface area contributed by atoms with Crippen molar-refractivity contribution < 1.29 is 13.9 Å². The quantitative estimate of drug-likeness (QED) is 0.439. The van der Waals surface area contributed by atoms with Gasteiger partial charge >= 0.3 is 0 Å². The molecular weight excluding hydrogens is 438 g/mol. The molecule has 2 aromatic carbocycles. The van der Waals surface area contributed by atoms with Gasteiger partial charge in [-0.05, 0) is 49.7 Å². The van der Waals surface area contributed by atoms with Gasteiger partial charge in [-0.3, -0.25) is 14.5 Å². The molecule has 156 valence electrons. The van der Waals surface area contributed by atoms with Gasteiger partial charge in [-0.15, -0.1) is 10.2 Å². The van der Waals surface area contributed by atoms with Crippen LogP contribution in [0.25, 0.3) is 11.0 Å². The Labute approximate surface area is 185 Å². The highest BCUT2D eigenvalue weighted by atomic mass is 35.5. The van der Waals surface area contributed by atoms with Crippen LogP contribution in [0.2, 0.25) is 5.02 Å². The van der Waals surface area contributed by atoms with Crippen molar-refractivity contribution in [1.82, 2.24) is 10.2 Å². The van der Waals surface area contributed by atoms with Crippen LogP contribution in [-0.2, 0) is 0 Å². The van der Waals surface area contributed by atoms with Crippen molar-refractivity contribution in [1.29, 1.82) is 0 Å². The maximum atomic E-state index is 13.5. The summed E-state index contributed by atoms with van der Waals surface area (Å²) >= 11 is 7.31. The van der Waals surface area contributed by atoms with Crippen LogP contribution in [0.15, 0.2) is 57.2 Å². The molecule has 0 aliphatic carbocycles. The molecule has 5 rings (SSSR count). The summed E-state index contributed by atoms with van der Waals surface area (Å²) < 4.78 is 11.6. The smallest absolute Gasteiger partial charge is 0.297 e. The molecule has 1 amide bonds. The molecule has 0 spiro atoms. The molecule has 0 fully saturated rings. The summed E-state index contributed by atoms with van der Waals surface area (Å²) in [6.07, 6.45) is 0.0284. The fourth-order valence-corrected chi connectivity index (χ4v) is 4.49. The van der Waals surface area contributed by atoms with E-state index in [1.807, 2.05) is 38.1 Å². The number of aromatic nitrogens is 2. The number of hydrogen-bond donors (Lipinski definition) is 0. The minimum atomic E-state index is -0.705. The first-order valence-corrected chi connectivity index (χ1v) is 10.8. The molecule has 1 atom stereocenters. The average molecular weight is 454 g/mol. The van der Waals surface area contributed by atoms with Gasteiger partial charge in [-0.1, -0.05) is 35.1 Å². The molecule has 31 heavy (non-hydrogen) atoms. The van der Waals surface area contributed by atoms with Gasteiger partial charge in [0.25, 0.3) is 5.91 Å². The second kappa shape index (κ2) is 7.47. The number of carbonyl (C=O) groups excluding carboxylic acids is 1. The highest BCUT2D eigenvalue weighted by Gasteiger charge is 2.45. The van der Waals surface area contributed by atoms with Crippen LogP contribution >= 0.6 is 22.9 Å². The Morgan fingerprint density at radius 3 is 2.61 bits per heavy atom. The number of amides is 1. The largest absolute Gasteiger partial charge is 0.491 e. The lowest BCUT2D eigenvalue weighted by Gasteiger charge is -2.22. The zero-order chi connectivity index (χ0) is 21.7. The summed E-state index contributed by atoms with van der Waals surface area (Å²) in [5.41, 5.74) is 2.53. The fraction of sp³-hybridized carbons (Fsp3) is 0.182. The standard InChI is InChI=1S/C22H16ClN3O4S/c1-11(2)29-14-6-3-12(4-7-14)18-17-19(27)15-9-13(23)5-8-16(15)30-20(17)21(28)26(18)22-25-24-10-31-22/h3-11,18H,1-2H3. The molecule has 0 N–H and O–H groups in total. The summed E-state index contributed by atoms with van der Waals surface area (Å²) in [7, 11) is 0. The lowest BCUT2D eigenvalue weighted by atomic mass is 9.98. The predicted octanol–water partition coefficient (Wildman–Crippen LogP) is 4.83. The number of rotatable bonds is 4. The van der Waals surface area contributed by atoms with E-state index in [1.54, 1.807) is 18.2 Å². The highest BCUT2D eigenvalue weighted by Crippen LogP contribution is 2.42. The Bertz CT molecular complexity index is 1350. The Morgan fingerprint density at radius 2 is 1.94 bits per heavy atom. The van der Waals surface area contributed by atoms with Gasteiger partial charge < -0.3 is 9.15 Å². The third-order valence-corrected chi connectivity index (χ3v) is 5.88. The van der Waals surface area contributed by atoms with E-state index in [-0.39, 0.29) is 22.9 Å². The first-order chi connectivity index (χ1) is 14.9. The topological polar surface area (TPSA) is 85.5 Å². The fourth-order valence-electron chi connectivity index (χ4n) is 3.73. The van der Waals surface area contributed by atoms with Gasteiger partial charge in [0.05, 0.1) is 23.1 Å². The van der Waals surface area contributed by atoms with Crippen molar-refractivity contribution in [3.05, 3.63) is 80.1 Å². The van der Waals surface area contributed by atoms with Crippen molar-refractivity contribution in [2.24, 2.45) is 0 Å². The summed E-state index contributed by atoms with van der Waals surface area (Å²) in [6.45, 7) is 3.89. The lowest BCUT2D eigenvalue weighted by molar-refractivity contribution is 0.0970. The molecule has 0 bridgehead atoms. The van der Waals surface area contributed by atoms with E-state index in [0.717, 1.165) is 5.56 Å². The molecule has 4 aromatic rings. The minimum Gasteiger partial charge on any atom is -0.491 e. The van der Waals surface area contributed by atoms with Crippen LogP contribution < -0.4 is 15.1 Å². The molecular formula is C22H16ClN3O4S. The molecule has 9 heteroatoms. The number of benzene rings is 2. The third kappa shape index (κ3) is 3.28. The van der Waals surface area contributed by atoms with Gasteiger partial charge in [-0.2, -0.15) is 0 Å². The van der Waals surface area contributed by atoms with Crippen LogP contribution in [0.1, 0.15) is 41.6 Å². The normalized spacial score (nSPS) is 15.7. The lowest BCUT2D eigenvalue weighted by Crippen LogP contribution is -2.29. The molecule has 0 radical (unpaired) electrons. The predicted molar refractivity (Wildman–Crippen MR) is 118 cm³/mol. The summed E-state index contributed by atoms with van der Waals surface area (Å²) in [5, 5.41) is 9.03. The van der Waals surface area contributed by atoms with Gasteiger partial charge in [0.1, 0.15) is 16.8 Å². The second-order valence-electron chi connectivity index (χ2n) is 7.35. The first-order valence-electron chi connectivity index (χ1n) is 9.56. The SMILES string of the molecule is CC(C)Oc1ccc(C2c3c(oc4ccc(Cl)cc4c3=O)C(=O)N2c2nncs2)cc1. The van der Waals surface area contributed by atoms with Gasteiger partial charge in [0.2, 0.25) is 10.9 Å². The van der Waals surface area contributed by atoms with Crippen LogP contribution in [0, 0.1) is 0 Å². The molecule has 3 heterocycles. The zero-order valence-electron chi connectivity index (χ0n) is 16.5. The Morgan fingerprint density at radius 1 is 1.16 bits per heavy atom. The minimum absolute atomic E-state index is 0.00234. The van der Waals surface area contributed by atoms with Gasteiger partial charge in [0, 0.05) is 5.02 Å². The van der Waals surface area contributed by atoms with Crippen LogP contribution in [0.3, 0.4) is 0 Å². The van der Waals surface area contributed by atoms with Crippen molar-refractivity contribution in [3.8, 4) is 5.75 Å². The number of nitrogens with zero attached hydrogens (tertiary/aromatic N) is 3. The first kappa shape index (κ1) is 19.7. The van der Waals surface area contributed by atoms with Crippen molar-refractivity contribution >= 4 is 44.9 Å². The maximum Gasteiger partial charge on any atom is 0.297 e. The maximum absolute atomic E-state index is 13.5. The number of hydrogen-bond acceptors (Lipinski definition) is 7. The number of anilines is 1. The molecule has 1 aliphatic heterocycles. The van der Waals surface area contributed by atoms with E-state index in [0.29, 0.717) is 26.9 Å². The van der Waals surface area contributed by atoms with E-state index >= 15 is 0 Å². The number of fused-ring (bicyclic) bond motifs is 2. The van der Waals surface area contributed by atoms with E-state index in [2.05, 4.69) is 10.2 Å². The van der Waals surface area contributed by atoms with Crippen LogP contribution in [0.4, 0.5) is 5.13 Å². The number of ether oxygens (including phenoxy) is 1. The number of halogens is 1. The molecule has 2 aromatic heterocycles. The van der Waals surface area contributed by atoms with Crippen molar-refractivity contribution in [2.45, 2.75) is 26.0 Å². The zero-order valence-corrected chi connectivity index (χ0v) is 18.1. The average Bonchev–Trinajstić information content (AvgIpc) is 3.36. The summed E-state index contributed by atoms with van der Waals surface area (Å²) in [6, 6.07) is 11.4. The monoisotopic (exact) mass is 453 g/mol. The molecule has 1 aliphatic rings. The molecule has 7 nitrogen and oxygen atoms in total. The van der Waals surface area contributed by atoms with Crippen molar-refractivity contribution in [2.75, 3.05) is 4.90 Å². The van der Waals surface area contributed by atoms with E-state index < -0.39 is 11.9 Å². The molecule has 1 unspecified atom stereocenters. The van der Waals surface area contributed by atoms with E-state index in [9.17, 15) is 9.59 Å². The number of carbonyl (C=O) groups is 1. The summed E-state index contributed by atoms with van der Waals surface area (Å²) in [5.74, 6) is 0.263. The van der Waals surface area contributed by atoms with Gasteiger partial charge in [-0.25, -0.2) is 0 Å². The second-order valence-corrected chi connectivity index (χ2v) is 8.60. The Balaban J connectivity index is 1.73. The molecule has 0 saturated carbocycles. The molecule has 0 saturated heterocycles. The van der Waals surface area contributed by atoms with E-state index in [4.69, 9.17) is 20.8 Å². The van der Waals surface area contributed by atoms with Crippen LogP contribution in [-0.4, -0.2) is 22.2 Å². The Hall–Kier alpha value is -3.23. The van der Waals surface area contributed by atoms with Crippen LogP contribution in [0.5, 0.6) is 5.75 Å². The highest BCUT2D eigenvalue weighted by molar-refractivity contribution is 7.13. The van der Waals surface area contributed by atoms with Crippen molar-refractivity contribution in [3.63, 3.8) is 0 Å². The van der Waals surface area contributed by atoms with E-state index in [1.165, 1.54) is 21.7 Å². The third-order valence-electron chi connectivity index (χ3n) is 4.95. The Kier molecular flexibility index (Phi) is 4.75. The van der Waals surface area contributed by atoms with Gasteiger partial charge in [0.15, 0.2) is 5.43 Å².